The van der Waals surface area contributed by atoms with Crippen LogP contribution in [0.3, 0.4) is 0 Å². The zero-order valence-electron chi connectivity index (χ0n) is 48.3. The number of pyridine rings is 1. The highest BCUT2D eigenvalue weighted by molar-refractivity contribution is 5.92. The first-order valence-corrected chi connectivity index (χ1v) is 27.8. The Bertz CT molecular complexity index is 2420. The number of rotatable bonds is 19. The van der Waals surface area contributed by atoms with Gasteiger partial charge in [-0.15, -0.1) is 0 Å². The third-order valence-corrected chi connectivity index (χ3v) is 17.2. The van der Waals surface area contributed by atoms with E-state index in [9.17, 15) is 34.2 Å². The number of methoxy groups -OCH3 is 2. The highest BCUT2D eigenvalue weighted by Crippen LogP contribution is 2.43. The number of Topliss-reactive ketones (excluding diaryl/α,β-unsaturated/α-hetero) is 1. The van der Waals surface area contributed by atoms with Gasteiger partial charge in [-0.2, -0.15) is 0 Å². The minimum atomic E-state index is -1.39. The van der Waals surface area contributed by atoms with Crippen molar-refractivity contribution in [1.29, 1.82) is 0 Å². The van der Waals surface area contributed by atoms with Crippen LogP contribution in [0, 0.1) is 23.7 Å². The molecule has 20 nitrogen and oxygen atoms in total. The van der Waals surface area contributed by atoms with Crippen LogP contribution in [0.15, 0.2) is 29.2 Å². The Morgan fingerprint density at radius 1 is 0.909 bits per heavy atom. The molecule has 20 heteroatoms. The van der Waals surface area contributed by atoms with Crippen LogP contribution in [0.4, 0.5) is 4.79 Å². The first kappa shape index (κ1) is 62.1. The van der Waals surface area contributed by atoms with Crippen LogP contribution in [0.1, 0.15) is 131 Å². The number of fused-ring (bicyclic) bond motifs is 2. The van der Waals surface area contributed by atoms with Crippen molar-refractivity contribution < 1.29 is 72.0 Å². The third-order valence-electron chi connectivity index (χ3n) is 17.2. The first-order chi connectivity index (χ1) is 36.3. The summed E-state index contributed by atoms with van der Waals surface area (Å²) in [6, 6.07) is 4.54. The number of ketones is 1. The standard InChI is InChI=1S/C57H90N4O16/c1-16-42-57(11)48(59-54(68)77-57)33(5)44(62)31(3)28-55(9,69-14)49(76-53-46(64)41(60(12)13)26-32(4)72-53)34(6)47(35(7)52(67)74-42)75-43-29-56(10,70-15)50(36(8)73-43)71-25-19-24-58-23-18-20-37-21-22-40-38(27-37)45(63)39(51(65)66)30-61(40)17-2/h21-22,27,30-36,41-43,46-50,53,58,64H,16-20,23-26,28-29H2,1-15H3,(H,59,68)(H,65,66)/t31-,32-,33-,34+,35+,36-,41+,42-,43+,46+,47+,48+,49-,50+,53+,55+,56-,57-/m0/s1. The molecule has 0 saturated carbocycles. The molecule has 5 heterocycles. The van der Waals surface area contributed by atoms with Gasteiger partial charge in [0, 0.05) is 69.2 Å². The number of likely N-dealkylation sites (N-methyl/N-ethyl adjacent to an activating group) is 1. The van der Waals surface area contributed by atoms with E-state index in [0.717, 1.165) is 18.5 Å². The van der Waals surface area contributed by atoms with E-state index in [2.05, 4.69) is 10.6 Å². The zero-order valence-corrected chi connectivity index (χ0v) is 48.3. The average Bonchev–Trinajstić information content (AvgIpc) is 3.74. The summed E-state index contributed by atoms with van der Waals surface area (Å²) in [7, 11) is 6.95. The number of cyclic esters (lactones) is 1. The number of alkyl carbamates (subject to hydrolysis) is 1. The smallest absolute Gasteiger partial charge is 0.408 e. The maximum atomic E-state index is 14.8. The van der Waals surface area contributed by atoms with Gasteiger partial charge in [0.25, 0.3) is 0 Å². The van der Waals surface area contributed by atoms with Gasteiger partial charge < -0.3 is 72.9 Å². The summed E-state index contributed by atoms with van der Waals surface area (Å²) >= 11 is 0. The molecule has 77 heavy (non-hydrogen) atoms. The van der Waals surface area contributed by atoms with Gasteiger partial charge in [-0.25, -0.2) is 9.59 Å². The Labute approximate surface area is 454 Å². The molecule has 0 aliphatic carbocycles. The molecule has 1 aromatic heterocycles. The lowest BCUT2D eigenvalue weighted by atomic mass is 9.73. The Kier molecular flexibility index (Phi) is 21.0. The number of nitrogens with zero attached hydrogens (tertiary/aromatic N) is 2. The zero-order chi connectivity index (χ0) is 56.9. The Morgan fingerprint density at radius 3 is 2.22 bits per heavy atom. The lowest BCUT2D eigenvalue weighted by Gasteiger charge is -2.50. The molecule has 4 fully saturated rings. The van der Waals surface area contributed by atoms with Gasteiger partial charge in [0.2, 0.25) is 5.43 Å². The van der Waals surface area contributed by atoms with Crippen molar-refractivity contribution in [2.75, 3.05) is 48.0 Å². The number of carboxylic acid groups (broad SMARTS) is 1. The third kappa shape index (κ3) is 13.6. The molecule has 4 N–H and O–H groups in total. The fourth-order valence-electron chi connectivity index (χ4n) is 12.6. The monoisotopic (exact) mass is 1090 g/mol. The number of aliphatic hydroxyl groups is 1. The van der Waals surface area contributed by atoms with Crippen molar-refractivity contribution in [3.8, 4) is 0 Å². The number of hydrogen-bond donors (Lipinski definition) is 4. The summed E-state index contributed by atoms with van der Waals surface area (Å²) in [5, 5.41) is 28.2. The Balaban J connectivity index is 1.19. The molecule has 0 radical (unpaired) electrons. The maximum absolute atomic E-state index is 14.8. The van der Waals surface area contributed by atoms with Crippen molar-refractivity contribution in [2.24, 2.45) is 23.7 Å². The number of carbonyl (C=O) groups is 4. The van der Waals surface area contributed by atoms with Gasteiger partial charge in [-0.3, -0.25) is 14.4 Å². The summed E-state index contributed by atoms with van der Waals surface area (Å²) in [4.78, 5) is 69.1. The van der Waals surface area contributed by atoms with Gasteiger partial charge >= 0.3 is 18.0 Å². The van der Waals surface area contributed by atoms with E-state index >= 15 is 0 Å². The average molecular weight is 1090 g/mol. The van der Waals surface area contributed by atoms with Crippen LogP contribution < -0.4 is 16.1 Å². The number of aryl methyl sites for hydroxylation is 2. The van der Waals surface area contributed by atoms with E-state index in [-0.39, 0.29) is 42.8 Å². The van der Waals surface area contributed by atoms with E-state index in [1.165, 1.54) is 6.20 Å². The number of esters is 1. The second-order valence-corrected chi connectivity index (χ2v) is 23.0. The van der Waals surface area contributed by atoms with Gasteiger partial charge in [-0.05, 0) is 132 Å². The minimum absolute atomic E-state index is 0.151. The molecule has 4 aliphatic rings. The predicted octanol–water partition coefficient (Wildman–Crippen LogP) is 5.86. The van der Waals surface area contributed by atoms with E-state index in [4.69, 9.17) is 42.6 Å². The number of carboxylic acids is 1. The lowest BCUT2D eigenvalue weighted by Crippen LogP contribution is -2.61. The summed E-state index contributed by atoms with van der Waals surface area (Å²) in [5.74, 6) is -5.13. The summed E-state index contributed by atoms with van der Waals surface area (Å²) in [6.45, 7) is 22.6. The van der Waals surface area contributed by atoms with Crippen molar-refractivity contribution >= 4 is 34.7 Å². The van der Waals surface area contributed by atoms with Crippen LogP contribution in [-0.2, 0) is 65.2 Å². The number of aromatic carboxylic acids is 1. The number of carbonyl (C=O) groups excluding carboxylic acids is 3. The molecule has 0 spiro atoms. The van der Waals surface area contributed by atoms with Crippen LogP contribution in [-0.4, -0.2) is 176 Å². The molecule has 4 aliphatic heterocycles. The molecule has 4 saturated heterocycles. The number of benzene rings is 1. The number of ether oxygens (including phenoxy) is 9. The van der Waals surface area contributed by atoms with E-state index in [1.54, 1.807) is 45.6 Å². The molecule has 434 valence electrons. The fourth-order valence-corrected chi connectivity index (χ4v) is 12.6. The highest BCUT2D eigenvalue weighted by atomic mass is 16.7. The quantitative estimate of drug-likeness (QED) is 0.0951. The topological polar surface area (TPSA) is 241 Å². The summed E-state index contributed by atoms with van der Waals surface area (Å²) in [5.41, 5.74) is -2.61. The largest absolute Gasteiger partial charge is 0.477 e. The number of nitrogens with one attached hydrogen (secondary N) is 2. The van der Waals surface area contributed by atoms with Gasteiger partial charge in [0.05, 0.1) is 53.1 Å². The molecule has 6 rings (SSSR count). The van der Waals surface area contributed by atoms with Gasteiger partial charge in [-0.1, -0.05) is 33.8 Å². The van der Waals surface area contributed by atoms with Crippen LogP contribution >= 0.6 is 0 Å². The Hall–Kier alpha value is -4.09. The van der Waals surface area contributed by atoms with E-state index in [1.807, 2.05) is 86.5 Å². The molecule has 1 amide bonds. The van der Waals surface area contributed by atoms with Crippen LogP contribution in [0.5, 0.6) is 0 Å². The minimum Gasteiger partial charge on any atom is -0.477 e. The van der Waals surface area contributed by atoms with Crippen molar-refractivity contribution in [1.82, 2.24) is 20.1 Å². The first-order valence-electron chi connectivity index (χ1n) is 27.8. The second kappa shape index (κ2) is 26.0. The maximum Gasteiger partial charge on any atom is 0.408 e. The molecule has 0 unspecified atom stereocenters. The normalized spacial score (nSPS) is 37.5. The van der Waals surface area contributed by atoms with Crippen molar-refractivity contribution in [3.63, 3.8) is 0 Å². The van der Waals surface area contributed by atoms with E-state index < -0.39 is 119 Å². The number of hydrogen-bond acceptors (Lipinski definition) is 17. The van der Waals surface area contributed by atoms with Crippen LogP contribution in [0.2, 0.25) is 0 Å². The molecular weight excluding hydrogens is 997 g/mol. The predicted molar refractivity (Wildman–Crippen MR) is 287 cm³/mol. The van der Waals surface area contributed by atoms with Crippen molar-refractivity contribution in [2.45, 2.75) is 212 Å². The molecular formula is C57H90N4O16. The molecule has 0 bridgehead atoms. The second-order valence-electron chi connectivity index (χ2n) is 23.0. The molecule has 2 aromatic rings. The molecule has 18 atom stereocenters. The SMILES string of the molecule is CC[C@@H]1OC(=O)[C@H](C)[C@H](O[C@@H]2C[C@](C)(OC)[C@H](OCCCNCCCc3ccc4c(c3)c(=O)c(C(=O)O)cn4CC)[C@H](C)O2)[C@@H](C)[C@H](O[C@H]2O[C@@H](C)C[C@@H](N(C)C)[C@H]2O)[C@](C)(OC)C[C@H](C)C(=O)[C@H](C)[C@H]2NC(=O)O[C@@]12C. The lowest BCUT2D eigenvalue weighted by molar-refractivity contribution is -0.322. The fraction of sp³-hybridized carbons (Fsp3) is 0.772. The summed E-state index contributed by atoms with van der Waals surface area (Å²) < 4.78 is 60.4. The number of amides is 1. The number of aromatic nitrogens is 1. The molecule has 1 aromatic carbocycles. The van der Waals surface area contributed by atoms with Gasteiger partial charge in [0.15, 0.2) is 18.2 Å². The van der Waals surface area contributed by atoms with Crippen LogP contribution in [0.25, 0.3) is 10.9 Å². The number of aliphatic hydroxyl groups excluding tert-OH is 1. The van der Waals surface area contributed by atoms with E-state index in [0.29, 0.717) is 49.9 Å². The highest BCUT2D eigenvalue weighted by Gasteiger charge is 2.58. The van der Waals surface area contributed by atoms with Crippen molar-refractivity contribution in [3.05, 3.63) is 45.7 Å². The summed E-state index contributed by atoms with van der Waals surface area (Å²) in [6.07, 6.45) is -3.28. The Morgan fingerprint density at radius 2 is 1.58 bits per heavy atom. The van der Waals surface area contributed by atoms with Gasteiger partial charge in [0.1, 0.15) is 29.7 Å².